The summed E-state index contributed by atoms with van der Waals surface area (Å²) in [5.41, 5.74) is 1.48. The van der Waals surface area contributed by atoms with Gasteiger partial charge in [0.2, 0.25) is 0 Å². The van der Waals surface area contributed by atoms with Gasteiger partial charge in [-0.3, -0.25) is 4.90 Å². The highest BCUT2D eigenvalue weighted by atomic mass is 16.5. The molecule has 21 heavy (non-hydrogen) atoms. The number of nitrogens with zero attached hydrogens (tertiary/aromatic N) is 1. The number of hydrogen-bond donors (Lipinski definition) is 1. The lowest BCUT2D eigenvalue weighted by atomic mass is 10.0. The summed E-state index contributed by atoms with van der Waals surface area (Å²) in [6.07, 6.45) is 0. The first-order chi connectivity index (χ1) is 9.89. The number of likely N-dealkylation sites (N-methyl/N-ethyl adjacent to an activating group) is 1. The minimum atomic E-state index is 0.122. The molecule has 0 saturated heterocycles. The van der Waals surface area contributed by atoms with Crippen LogP contribution in [0.15, 0.2) is 30.3 Å². The van der Waals surface area contributed by atoms with Gasteiger partial charge in [0.25, 0.3) is 0 Å². The van der Waals surface area contributed by atoms with E-state index in [-0.39, 0.29) is 5.54 Å². The van der Waals surface area contributed by atoms with Crippen molar-refractivity contribution in [2.75, 3.05) is 26.8 Å². The van der Waals surface area contributed by atoms with Gasteiger partial charge in [-0.2, -0.15) is 0 Å². The minimum absolute atomic E-state index is 0.122. The van der Waals surface area contributed by atoms with E-state index in [0.29, 0.717) is 12.1 Å². The van der Waals surface area contributed by atoms with Gasteiger partial charge < -0.3 is 10.1 Å². The maximum atomic E-state index is 5.36. The predicted molar refractivity (Wildman–Crippen MR) is 90.7 cm³/mol. The van der Waals surface area contributed by atoms with E-state index in [1.807, 2.05) is 0 Å². The van der Waals surface area contributed by atoms with Crippen LogP contribution in [0.3, 0.4) is 0 Å². The molecule has 1 aromatic carbocycles. The molecule has 0 aliphatic rings. The largest absolute Gasteiger partial charge is 0.383 e. The van der Waals surface area contributed by atoms with E-state index in [1.54, 1.807) is 7.11 Å². The molecule has 0 spiro atoms. The van der Waals surface area contributed by atoms with Crippen molar-refractivity contribution in [2.45, 2.75) is 52.2 Å². The van der Waals surface area contributed by atoms with Gasteiger partial charge in [-0.05, 0) is 39.8 Å². The molecule has 0 saturated carbocycles. The summed E-state index contributed by atoms with van der Waals surface area (Å²) < 4.78 is 5.36. The van der Waals surface area contributed by atoms with E-state index >= 15 is 0 Å². The zero-order valence-corrected chi connectivity index (χ0v) is 14.5. The minimum Gasteiger partial charge on any atom is -0.383 e. The average Bonchev–Trinajstić information content (AvgIpc) is 2.43. The molecule has 0 bridgehead atoms. The Hall–Kier alpha value is -0.900. The van der Waals surface area contributed by atoms with Crippen LogP contribution in [0.4, 0.5) is 0 Å². The Kier molecular flexibility index (Phi) is 7.36. The SMILES string of the molecule is CCN(C(C)COC)C(CNC(C)(C)C)c1ccccc1. The van der Waals surface area contributed by atoms with Crippen molar-refractivity contribution in [1.29, 1.82) is 0 Å². The highest BCUT2D eigenvalue weighted by Crippen LogP contribution is 2.23. The molecule has 1 N–H and O–H groups in total. The van der Waals surface area contributed by atoms with Crippen LogP contribution in [0.2, 0.25) is 0 Å². The Morgan fingerprint density at radius 1 is 1.19 bits per heavy atom. The van der Waals surface area contributed by atoms with Crippen LogP contribution in [-0.2, 0) is 4.74 Å². The molecule has 120 valence electrons. The first-order valence-electron chi connectivity index (χ1n) is 7.93. The van der Waals surface area contributed by atoms with Crippen molar-refractivity contribution in [3.63, 3.8) is 0 Å². The Bertz CT molecular complexity index is 386. The summed E-state index contributed by atoms with van der Waals surface area (Å²) in [7, 11) is 1.77. The van der Waals surface area contributed by atoms with Gasteiger partial charge in [0.1, 0.15) is 0 Å². The lowest BCUT2D eigenvalue weighted by Gasteiger charge is -2.37. The third-order valence-electron chi connectivity index (χ3n) is 3.75. The fourth-order valence-electron chi connectivity index (χ4n) is 2.68. The van der Waals surface area contributed by atoms with Crippen LogP contribution in [-0.4, -0.2) is 43.3 Å². The third-order valence-corrected chi connectivity index (χ3v) is 3.75. The molecule has 0 amide bonds. The highest BCUT2D eigenvalue weighted by Gasteiger charge is 2.25. The zero-order chi connectivity index (χ0) is 15.9. The Morgan fingerprint density at radius 3 is 2.29 bits per heavy atom. The summed E-state index contributed by atoms with van der Waals surface area (Å²) in [4.78, 5) is 2.51. The second kappa shape index (κ2) is 8.52. The molecule has 0 aliphatic heterocycles. The molecule has 1 aromatic rings. The van der Waals surface area contributed by atoms with E-state index in [0.717, 1.165) is 19.7 Å². The Balaban J connectivity index is 2.94. The zero-order valence-electron chi connectivity index (χ0n) is 14.5. The van der Waals surface area contributed by atoms with Gasteiger partial charge in [-0.25, -0.2) is 0 Å². The van der Waals surface area contributed by atoms with Gasteiger partial charge in [0.05, 0.1) is 6.61 Å². The summed E-state index contributed by atoms with van der Waals surface area (Å²) in [6.45, 7) is 13.8. The van der Waals surface area contributed by atoms with Gasteiger partial charge in [-0.15, -0.1) is 0 Å². The van der Waals surface area contributed by atoms with E-state index < -0.39 is 0 Å². The maximum absolute atomic E-state index is 5.36. The Morgan fingerprint density at radius 2 is 1.81 bits per heavy atom. The van der Waals surface area contributed by atoms with Gasteiger partial charge in [0.15, 0.2) is 0 Å². The molecule has 0 aromatic heterocycles. The van der Waals surface area contributed by atoms with E-state index in [2.05, 4.69) is 75.2 Å². The van der Waals surface area contributed by atoms with Crippen molar-refractivity contribution in [2.24, 2.45) is 0 Å². The Labute approximate surface area is 130 Å². The van der Waals surface area contributed by atoms with Crippen molar-refractivity contribution in [3.05, 3.63) is 35.9 Å². The number of methoxy groups -OCH3 is 1. The molecular formula is C18H32N2O. The summed E-state index contributed by atoms with van der Waals surface area (Å²) in [5, 5.41) is 3.65. The maximum Gasteiger partial charge on any atom is 0.0615 e. The van der Waals surface area contributed by atoms with Crippen LogP contribution in [0.25, 0.3) is 0 Å². The first-order valence-corrected chi connectivity index (χ1v) is 7.93. The number of ether oxygens (including phenoxy) is 1. The first kappa shape index (κ1) is 18.1. The molecule has 0 fully saturated rings. The fraction of sp³-hybridized carbons (Fsp3) is 0.667. The number of nitrogens with one attached hydrogen (secondary N) is 1. The quantitative estimate of drug-likeness (QED) is 0.794. The topological polar surface area (TPSA) is 24.5 Å². The van der Waals surface area contributed by atoms with Crippen molar-refractivity contribution < 1.29 is 4.74 Å². The van der Waals surface area contributed by atoms with Crippen LogP contribution >= 0.6 is 0 Å². The summed E-state index contributed by atoms with van der Waals surface area (Å²) in [5.74, 6) is 0. The van der Waals surface area contributed by atoms with Gasteiger partial charge in [-0.1, -0.05) is 37.3 Å². The summed E-state index contributed by atoms with van der Waals surface area (Å²) in [6, 6.07) is 11.5. The molecule has 3 heteroatoms. The fourth-order valence-corrected chi connectivity index (χ4v) is 2.68. The van der Waals surface area contributed by atoms with E-state index in [9.17, 15) is 0 Å². The van der Waals surface area contributed by atoms with Gasteiger partial charge >= 0.3 is 0 Å². The lowest BCUT2D eigenvalue weighted by molar-refractivity contribution is 0.0701. The molecule has 0 radical (unpaired) electrons. The van der Waals surface area contributed by atoms with Crippen LogP contribution < -0.4 is 5.32 Å². The van der Waals surface area contributed by atoms with Crippen molar-refractivity contribution in [1.82, 2.24) is 10.2 Å². The second-order valence-electron chi connectivity index (χ2n) is 6.69. The molecule has 3 nitrogen and oxygen atoms in total. The number of rotatable bonds is 8. The van der Waals surface area contributed by atoms with E-state index in [1.165, 1.54) is 5.56 Å². The lowest BCUT2D eigenvalue weighted by Crippen LogP contribution is -2.46. The predicted octanol–water partition coefficient (Wildman–Crippen LogP) is 3.47. The average molecular weight is 292 g/mol. The molecule has 1 rings (SSSR count). The van der Waals surface area contributed by atoms with Crippen molar-refractivity contribution in [3.8, 4) is 0 Å². The van der Waals surface area contributed by atoms with Crippen LogP contribution in [0.5, 0.6) is 0 Å². The van der Waals surface area contributed by atoms with Crippen LogP contribution in [0, 0.1) is 0 Å². The standard InChI is InChI=1S/C18H32N2O/c1-7-20(15(2)14-21-6)17(13-19-18(3,4)5)16-11-9-8-10-12-16/h8-12,15,17,19H,7,13-14H2,1-6H3. The molecular weight excluding hydrogens is 260 g/mol. The number of hydrogen-bond acceptors (Lipinski definition) is 3. The smallest absolute Gasteiger partial charge is 0.0615 e. The normalized spacial score (nSPS) is 15.2. The highest BCUT2D eigenvalue weighted by molar-refractivity contribution is 5.20. The van der Waals surface area contributed by atoms with Gasteiger partial charge in [0, 0.05) is 31.3 Å². The molecule has 2 atom stereocenters. The summed E-state index contributed by atoms with van der Waals surface area (Å²) >= 11 is 0. The second-order valence-corrected chi connectivity index (χ2v) is 6.69. The van der Waals surface area contributed by atoms with Crippen molar-refractivity contribution >= 4 is 0 Å². The van der Waals surface area contributed by atoms with E-state index in [4.69, 9.17) is 4.74 Å². The molecule has 2 unspecified atom stereocenters. The third kappa shape index (κ3) is 6.16. The monoisotopic (exact) mass is 292 g/mol. The van der Waals surface area contributed by atoms with Crippen LogP contribution in [0.1, 0.15) is 46.2 Å². The molecule has 0 aliphatic carbocycles. The number of benzene rings is 1. The molecule has 0 heterocycles.